The molecule has 1 heterocycles. The van der Waals surface area contributed by atoms with E-state index in [1.165, 1.54) is 6.07 Å². The number of hydrogen-bond acceptors (Lipinski definition) is 3. The number of hydrogen-bond donors (Lipinski definition) is 0. The van der Waals surface area contributed by atoms with Crippen molar-refractivity contribution in [3.05, 3.63) is 29.3 Å². The maximum atomic E-state index is 12.6. The van der Waals surface area contributed by atoms with Crippen LogP contribution >= 0.6 is 0 Å². The molecule has 0 radical (unpaired) electrons. The van der Waals surface area contributed by atoms with Crippen LogP contribution < -0.4 is 0 Å². The van der Waals surface area contributed by atoms with Crippen LogP contribution in [-0.4, -0.2) is 38.6 Å². The first-order valence-corrected chi connectivity index (χ1v) is 8.89. The number of carbonyl (C=O) groups is 1. The Balaban J connectivity index is 2.33. The molecule has 0 bridgehead atoms. The summed E-state index contributed by atoms with van der Waals surface area (Å²) in [5, 5.41) is 0. The summed E-state index contributed by atoms with van der Waals surface area (Å²) in [5.74, 6) is -0.0464. The number of likely N-dealkylation sites (tertiary alicyclic amines) is 1. The summed E-state index contributed by atoms with van der Waals surface area (Å²) in [6.07, 6.45) is 5.53. The lowest BCUT2D eigenvalue weighted by Crippen LogP contribution is -2.32. The minimum atomic E-state index is -3.28. The fourth-order valence-corrected chi connectivity index (χ4v) is 3.15. The monoisotopic (exact) mass is 295 g/mol. The van der Waals surface area contributed by atoms with Crippen LogP contribution in [0.1, 0.15) is 41.6 Å². The minimum Gasteiger partial charge on any atom is -0.339 e. The SMILES string of the molecule is Cc1ccc(S(C)(=O)=O)cc1C(=O)N1CCCCCC1. The van der Waals surface area contributed by atoms with Crippen LogP contribution in [0.5, 0.6) is 0 Å². The van der Waals surface area contributed by atoms with E-state index >= 15 is 0 Å². The van der Waals surface area contributed by atoms with Gasteiger partial charge in [-0.15, -0.1) is 0 Å². The molecular formula is C15H21NO3S. The third kappa shape index (κ3) is 3.39. The maximum Gasteiger partial charge on any atom is 0.254 e. The topological polar surface area (TPSA) is 54.5 Å². The molecule has 0 spiro atoms. The van der Waals surface area contributed by atoms with Gasteiger partial charge >= 0.3 is 0 Å². The summed E-state index contributed by atoms with van der Waals surface area (Å²) in [4.78, 5) is 14.6. The average molecular weight is 295 g/mol. The second kappa shape index (κ2) is 5.95. The van der Waals surface area contributed by atoms with E-state index in [4.69, 9.17) is 0 Å². The van der Waals surface area contributed by atoms with Crippen LogP contribution in [0.15, 0.2) is 23.1 Å². The largest absolute Gasteiger partial charge is 0.339 e. The van der Waals surface area contributed by atoms with Crippen LogP contribution in [0, 0.1) is 6.92 Å². The number of benzene rings is 1. The lowest BCUT2D eigenvalue weighted by molar-refractivity contribution is 0.0760. The van der Waals surface area contributed by atoms with E-state index in [1.807, 2.05) is 11.8 Å². The minimum absolute atomic E-state index is 0.0464. The zero-order valence-corrected chi connectivity index (χ0v) is 12.9. The van der Waals surface area contributed by atoms with Gasteiger partial charge in [0.2, 0.25) is 0 Å². The summed E-state index contributed by atoms with van der Waals surface area (Å²) in [6, 6.07) is 4.78. The second-order valence-electron chi connectivity index (χ2n) is 5.46. The van der Waals surface area contributed by atoms with Crippen molar-refractivity contribution in [3.8, 4) is 0 Å². The second-order valence-corrected chi connectivity index (χ2v) is 7.47. The average Bonchev–Trinajstić information content (AvgIpc) is 2.66. The van der Waals surface area contributed by atoms with Crippen molar-refractivity contribution in [1.82, 2.24) is 4.90 Å². The molecule has 1 aromatic carbocycles. The van der Waals surface area contributed by atoms with Gasteiger partial charge in [-0.1, -0.05) is 18.9 Å². The van der Waals surface area contributed by atoms with Crippen molar-refractivity contribution in [2.45, 2.75) is 37.5 Å². The summed E-state index contributed by atoms with van der Waals surface area (Å²) in [6.45, 7) is 3.37. The van der Waals surface area contributed by atoms with E-state index in [1.54, 1.807) is 12.1 Å². The Morgan fingerprint density at radius 3 is 2.25 bits per heavy atom. The summed E-state index contributed by atoms with van der Waals surface area (Å²) >= 11 is 0. The summed E-state index contributed by atoms with van der Waals surface area (Å²) in [5.41, 5.74) is 1.33. The molecule has 1 saturated heterocycles. The third-order valence-electron chi connectivity index (χ3n) is 3.76. The first-order chi connectivity index (χ1) is 9.39. The molecular weight excluding hydrogens is 274 g/mol. The van der Waals surface area contributed by atoms with Gasteiger partial charge in [-0.2, -0.15) is 0 Å². The molecule has 0 unspecified atom stereocenters. The molecule has 1 aliphatic rings. The molecule has 0 saturated carbocycles. The zero-order chi connectivity index (χ0) is 14.8. The Kier molecular flexibility index (Phi) is 4.48. The van der Waals surface area contributed by atoms with Gasteiger partial charge in [0.15, 0.2) is 9.84 Å². The molecule has 1 amide bonds. The Morgan fingerprint density at radius 1 is 1.10 bits per heavy atom. The highest BCUT2D eigenvalue weighted by Crippen LogP contribution is 2.19. The van der Waals surface area contributed by atoms with Crippen LogP contribution in [-0.2, 0) is 9.84 Å². The maximum absolute atomic E-state index is 12.6. The molecule has 1 fully saturated rings. The fourth-order valence-electron chi connectivity index (χ4n) is 2.51. The molecule has 4 nitrogen and oxygen atoms in total. The van der Waals surface area contributed by atoms with Crippen molar-refractivity contribution >= 4 is 15.7 Å². The quantitative estimate of drug-likeness (QED) is 0.842. The molecule has 0 atom stereocenters. The Labute approximate surface area is 120 Å². The van der Waals surface area contributed by atoms with Gasteiger partial charge in [-0.25, -0.2) is 8.42 Å². The Morgan fingerprint density at radius 2 is 1.70 bits per heavy atom. The van der Waals surface area contributed by atoms with Crippen LogP contribution in [0.25, 0.3) is 0 Å². The van der Waals surface area contributed by atoms with Gasteiger partial charge in [-0.05, 0) is 37.5 Å². The van der Waals surface area contributed by atoms with Crippen molar-refractivity contribution in [2.75, 3.05) is 19.3 Å². The van der Waals surface area contributed by atoms with Crippen molar-refractivity contribution < 1.29 is 13.2 Å². The molecule has 0 aliphatic carbocycles. The summed E-state index contributed by atoms with van der Waals surface area (Å²) in [7, 11) is -3.28. The number of rotatable bonds is 2. The van der Waals surface area contributed by atoms with Gasteiger partial charge < -0.3 is 4.90 Å². The van der Waals surface area contributed by atoms with Gasteiger partial charge in [0.1, 0.15) is 0 Å². The smallest absolute Gasteiger partial charge is 0.254 e. The van der Waals surface area contributed by atoms with E-state index in [9.17, 15) is 13.2 Å². The highest BCUT2D eigenvalue weighted by molar-refractivity contribution is 7.90. The molecule has 20 heavy (non-hydrogen) atoms. The molecule has 0 N–H and O–H groups in total. The van der Waals surface area contributed by atoms with E-state index in [0.717, 1.165) is 50.6 Å². The number of amides is 1. The van der Waals surface area contributed by atoms with Gasteiger partial charge in [-0.3, -0.25) is 4.79 Å². The van der Waals surface area contributed by atoms with Crippen molar-refractivity contribution in [3.63, 3.8) is 0 Å². The van der Waals surface area contributed by atoms with E-state index in [0.29, 0.717) is 5.56 Å². The Hall–Kier alpha value is -1.36. The number of carbonyl (C=O) groups excluding carboxylic acids is 1. The molecule has 2 rings (SSSR count). The highest BCUT2D eigenvalue weighted by Gasteiger charge is 2.20. The van der Waals surface area contributed by atoms with Crippen molar-refractivity contribution in [2.24, 2.45) is 0 Å². The normalized spacial score (nSPS) is 16.8. The number of sulfone groups is 1. The molecule has 1 aromatic rings. The van der Waals surface area contributed by atoms with E-state index in [2.05, 4.69) is 0 Å². The highest BCUT2D eigenvalue weighted by atomic mass is 32.2. The number of nitrogens with zero attached hydrogens (tertiary/aromatic N) is 1. The fraction of sp³-hybridized carbons (Fsp3) is 0.533. The van der Waals surface area contributed by atoms with E-state index in [-0.39, 0.29) is 10.8 Å². The first kappa shape index (κ1) is 15.0. The van der Waals surface area contributed by atoms with Gasteiger partial charge in [0, 0.05) is 24.9 Å². The lowest BCUT2D eigenvalue weighted by atomic mass is 10.1. The predicted octanol–water partition coefficient (Wildman–Crippen LogP) is 2.41. The molecule has 1 aliphatic heterocycles. The van der Waals surface area contributed by atoms with Crippen LogP contribution in [0.2, 0.25) is 0 Å². The third-order valence-corrected chi connectivity index (χ3v) is 4.87. The lowest BCUT2D eigenvalue weighted by Gasteiger charge is -2.21. The first-order valence-electron chi connectivity index (χ1n) is 6.99. The summed E-state index contributed by atoms with van der Waals surface area (Å²) < 4.78 is 23.3. The standard InChI is InChI=1S/C15H21NO3S/c1-12-7-8-13(20(2,18)19)11-14(12)15(17)16-9-5-3-4-6-10-16/h7-8,11H,3-6,9-10H2,1-2H3. The van der Waals surface area contributed by atoms with Gasteiger partial charge in [0.05, 0.1) is 4.90 Å². The zero-order valence-electron chi connectivity index (χ0n) is 12.1. The van der Waals surface area contributed by atoms with Crippen molar-refractivity contribution in [1.29, 1.82) is 0 Å². The van der Waals surface area contributed by atoms with Gasteiger partial charge in [0.25, 0.3) is 5.91 Å². The molecule has 110 valence electrons. The predicted molar refractivity (Wildman–Crippen MR) is 78.7 cm³/mol. The molecule has 5 heteroatoms. The Bertz CT molecular complexity index is 600. The number of aryl methyl sites for hydroxylation is 1. The van der Waals surface area contributed by atoms with Crippen LogP contribution in [0.4, 0.5) is 0 Å². The molecule has 0 aromatic heterocycles. The van der Waals surface area contributed by atoms with Crippen LogP contribution in [0.3, 0.4) is 0 Å². The van der Waals surface area contributed by atoms with E-state index < -0.39 is 9.84 Å².